The topological polar surface area (TPSA) is 21.3 Å². The van der Waals surface area contributed by atoms with E-state index in [9.17, 15) is 8.78 Å². The first kappa shape index (κ1) is 15.4. The Labute approximate surface area is 119 Å². The fourth-order valence-electron chi connectivity index (χ4n) is 2.92. The summed E-state index contributed by atoms with van der Waals surface area (Å²) in [4.78, 5) is 0. The Morgan fingerprint density at radius 2 is 2.20 bits per heavy atom. The van der Waals surface area contributed by atoms with Crippen LogP contribution in [0.2, 0.25) is 0 Å². The SMILES string of the molecule is CCCNCC1(Cc2cccc(F)c2F)CCOC1C. The standard InChI is InChI=1S/C16H23F2NO/c1-3-8-19-11-16(7-9-20-12(16)2)10-13-5-4-6-14(17)15(13)18/h4-6,12,19H,3,7-11H2,1-2H3. The van der Waals surface area contributed by atoms with Crippen LogP contribution in [-0.4, -0.2) is 25.8 Å². The van der Waals surface area contributed by atoms with E-state index < -0.39 is 11.6 Å². The van der Waals surface area contributed by atoms with Gasteiger partial charge >= 0.3 is 0 Å². The molecule has 112 valence electrons. The summed E-state index contributed by atoms with van der Waals surface area (Å²) in [5.74, 6) is -1.49. The fourth-order valence-corrected chi connectivity index (χ4v) is 2.92. The van der Waals surface area contributed by atoms with Crippen LogP contribution >= 0.6 is 0 Å². The predicted octanol–water partition coefficient (Wildman–Crippen LogP) is 3.30. The molecule has 1 aliphatic heterocycles. The molecule has 0 saturated carbocycles. The third-order valence-electron chi connectivity index (χ3n) is 4.31. The number of benzene rings is 1. The number of halogens is 2. The number of rotatable bonds is 6. The van der Waals surface area contributed by atoms with E-state index in [1.807, 2.05) is 6.92 Å². The van der Waals surface area contributed by atoms with Crippen molar-refractivity contribution >= 4 is 0 Å². The van der Waals surface area contributed by atoms with Crippen molar-refractivity contribution in [2.75, 3.05) is 19.7 Å². The van der Waals surface area contributed by atoms with Crippen molar-refractivity contribution in [3.63, 3.8) is 0 Å². The van der Waals surface area contributed by atoms with Crippen molar-refractivity contribution in [1.82, 2.24) is 5.32 Å². The fraction of sp³-hybridized carbons (Fsp3) is 0.625. The molecule has 1 heterocycles. The third kappa shape index (κ3) is 3.18. The second-order valence-corrected chi connectivity index (χ2v) is 5.69. The predicted molar refractivity (Wildman–Crippen MR) is 75.7 cm³/mol. The van der Waals surface area contributed by atoms with Gasteiger partial charge in [0.2, 0.25) is 0 Å². The molecule has 0 radical (unpaired) electrons. The van der Waals surface area contributed by atoms with Gasteiger partial charge in [-0.25, -0.2) is 8.78 Å². The van der Waals surface area contributed by atoms with Gasteiger partial charge in [0.05, 0.1) is 6.10 Å². The summed E-state index contributed by atoms with van der Waals surface area (Å²) in [5, 5.41) is 3.41. The van der Waals surface area contributed by atoms with E-state index in [0.717, 1.165) is 32.0 Å². The Balaban J connectivity index is 2.17. The van der Waals surface area contributed by atoms with Crippen molar-refractivity contribution in [2.24, 2.45) is 5.41 Å². The molecule has 1 aromatic carbocycles. The Kier molecular flexibility index (Phi) is 5.11. The van der Waals surface area contributed by atoms with E-state index in [-0.39, 0.29) is 11.5 Å². The van der Waals surface area contributed by atoms with Gasteiger partial charge in [-0.15, -0.1) is 0 Å². The molecule has 20 heavy (non-hydrogen) atoms. The Hall–Kier alpha value is -1.00. The average molecular weight is 283 g/mol. The lowest BCUT2D eigenvalue weighted by atomic mass is 9.76. The van der Waals surface area contributed by atoms with Crippen molar-refractivity contribution in [1.29, 1.82) is 0 Å². The molecule has 2 rings (SSSR count). The van der Waals surface area contributed by atoms with Gasteiger partial charge in [0.25, 0.3) is 0 Å². The summed E-state index contributed by atoms with van der Waals surface area (Å²) in [6.45, 7) is 6.53. The largest absolute Gasteiger partial charge is 0.378 e. The quantitative estimate of drug-likeness (QED) is 0.809. The zero-order valence-corrected chi connectivity index (χ0v) is 12.2. The molecule has 0 amide bonds. The Morgan fingerprint density at radius 3 is 2.85 bits per heavy atom. The molecular formula is C16H23F2NO. The normalized spacial score (nSPS) is 26.1. The summed E-state index contributed by atoms with van der Waals surface area (Å²) >= 11 is 0. The maximum Gasteiger partial charge on any atom is 0.162 e. The minimum absolute atomic E-state index is 0.0505. The minimum atomic E-state index is -0.772. The van der Waals surface area contributed by atoms with Crippen LogP contribution in [0.25, 0.3) is 0 Å². The van der Waals surface area contributed by atoms with E-state index in [1.165, 1.54) is 0 Å². The van der Waals surface area contributed by atoms with E-state index >= 15 is 0 Å². The molecule has 1 N–H and O–H groups in total. The monoisotopic (exact) mass is 283 g/mol. The van der Waals surface area contributed by atoms with E-state index in [0.29, 0.717) is 18.6 Å². The van der Waals surface area contributed by atoms with Gasteiger partial charge < -0.3 is 10.1 Å². The smallest absolute Gasteiger partial charge is 0.162 e. The highest BCUT2D eigenvalue weighted by molar-refractivity contribution is 5.21. The number of ether oxygens (including phenoxy) is 1. The second-order valence-electron chi connectivity index (χ2n) is 5.69. The van der Waals surface area contributed by atoms with E-state index in [1.54, 1.807) is 12.1 Å². The van der Waals surface area contributed by atoms with Gasteiger partial charge in [0.1, 0.15) is 0 Å². The van der Waals surface area contributed by atoms with E-state index in [2.05, 4.69) is 12.2 Å². The van der Waals surface area contributed by atoms with Crippen molar-refractivity contribution in [3.8, 4) is 0 Å². The zero-order valence-electron chi connectivity index (χ0n) is 12.2. The maximum atomic E-state index is 13.9. The van der Waals surface area contributed by atoms with Gasteiger partial charge in [-0.05, 0) is 44.4 Å². The van der Waals surface area contributed by atoms with Gasteiger partial charge in [-0.1, -0.05) is 19.1 Å². The number of nitrogens with one attached hydrogen (secondary N) is 1. The lowest BCUT2D eigenvalue weighted by molar-refractivity contribution is 0.0626. The van der Waals surface area contributed by atoms with Crippen LogP contribution in [0.5, 0.6) is 0 Å². The first-order valence-corrected chi connectivity index (χ1v) is 7.34. The van der Waals surface area contributed by atoms with Crippen LogP contribution in [0.3, 0.4) is 0 Å². The molecule has 2 unspecified atom stereocenters. The lowest BCUT2D eigenvalue weighted by Gasteiger charge is -2.33. The molecule has 1 aromatic rings. The van der Waals surface area contributed by atoms with Gasteiger partial charge in [0.15, 0.2) is 11.6 Å². The first-order chi connectivity index (χ1) is 9.59. The molecule has 1 aliphatic rings. The van der Waals surface area contributed by atoms with Gasteiger partial charge in [0, 0.05) is 18.6 Å². The lowest BCUT2D eigenvalue weighted by Crippen LogP contribution is -2.41. The average Bonchev–Trinajstić information content (AvgIpc) is 2.77. The molecule has 0 aliphatic carbocycles. The van der Waals surface area contributed by atoms with Crippen LogP contribution in [0, 0.1) is 17.0 Å². The molecule has 0 bridgehead atoms. The highest BCUT2D eigenvalue weighted by Gasteiger charge is 2.41. The molecular weight excluding hydrogens is 260 g/mol. The highest BCUT2D eigenvalue weighted by Crippen LogP contribution is 2.38. The summed E-state index contributed by atoms with van der Waals surface area (Å²) < 4.78 is 32.9. The minimum Gasteiger partial charge on any atom is -0.378 e. The molecule has 2 nitrogen and oxygen atoms in total. The van der Waals surface area contributed by atoms with Gasteiger partial charge in [-0.3, -0.25) is 0 Å². The van der Waals surface area contributed by atoms with Crippen LogP contribution in [0.4, 0.5) is 8.78 Å². The summed E-state index contributed by atoms with van der Waals surface area (Å²) in [6.07, 6.45) is 2.49. The van der Waals surface area contributed by atoms with Crippen LogP contribution in [0.15, 0.2) is 18.2 Å². The molecule has 4 heteroatoms. The Bertz CT molecular complexity index is 452. The molecule has 2 atom stereocenters. The summed E-state index contributed by atoms with van der Waals surface area (Å²) in [7, 11) is 0. The van der Waals surface area contributed by atoms with Gasteiger partial charge in [-0.2, -0.15) is 0 Å². The van der Waals surface area contributed by atoms with E-state index in [4.69, 9.17) is 4.74 Å². The molecule has 1 fully saturated rings. The summed E-state index contributed by atoms with van der Waals surface area (Å²) in [5.41, 5.74) is 0.296. The van der Waals surface area contributed by atoms with Crippen LogP contribution in [0.1, 0.15) is 32.3 Å². The van der Waals surface area contributed by atoms with Crippen LogP contribution in [-0.2, 0) is 11.2 Å². The third-order valence-corrected chi connectivity index (χ3v) is 4.31. The molecule has 0 spiro atoms. The highest BCUT2D eigenvalue weighted by atomic mass is 19.2. The summed E-state index contributed by atoms with van der Waals surface area (Å²) in [6, 6.07) is 4.40. The molecule has 0 aromatic heterocycles. The maximum absolute atomic E-state index is 13.9. The van der Waals surface area contributed by atoms with Crippen molar-refractivity contribution in [3.05, 3.63) is 35.4 Å². The Morgan fingerprint density at radius 1 is 1.40 bits per heavy atom. The van der Waals surface area contributed by atoms with Crippen molar-refractivity contribution < 1.29 is 13.5 Å². The second kappa shape index (κ2) is 6.64. The zero-order chi connectivity index (χ0) is 14.6. The van der Waals surface area contributed by atoms with Crippen LogP contribution < -0.4 is 5.32 Å². The first-order valence-electron chi connectivity index (χ1n) is 7.34. The number of hydrogen-bond acceptors (Lipinski definition) is 2. The molecule has 1 saturated heterocycles. The number of hydrogen-bond donors (Lipinski definition) is 1. The van der Waals surface area contributed by atoms with Crippen molar-refractivity contribution in [2.45, 2.75) is 39.2 Å².